The lowest BCUT2D eigenvalue weighted by Gasteiger charge is -2.14. The first-order valence-electron chi connectivity index (χ1n) is 9.84. The van der Waals surface area contributed by atoms with Crippen molar-refractivity contribution >= 4 is 17.3 Å². The molecular formula is C21H32N4O2S. The number of aliphatic imine (C=N–C) groups is 1. The fourth-order valence-corrected chi connectivity index (χ4v) is 3.52. The van der Waals surface area contributed by atoms with E-state index in [0.29, 0.717) is 25.7 Å². The monoisotopic (exact) mass is 404 g/mol. The van der Waals surface area contributed by atoms with E-state index in [4.69, 9.17) is 9.47 Å². The van der Waals surface area contributed by atoms with Gasteiger partial charge in [0.1, 0.15) is 5.01 Å². The smallest absolute Gasteiger partial charge is 0.191 e. The van der Waals surface area contributed by atoms with Crippen LogP contribution >= 0.6 is 11.3 Å². The van der Waals surface area contributed by atoms with Gasteiger partial charge < -0.3 is 20.1 Å². The molecule has 1 aromatic heterocycles. The summed E-state index contributed by atoms with van der Waals surface area (Å²) in [6.07, 6.45) is 0.863. The maximum absolute atomic E-state index is 5.70. The summed E-state index contributed by atoms with van der Waals surface area (Å²) < 4.78 is 11.3. The first-order valence-corrected chi connectivity index (χ1v) is 10.7. The van der Waals surface area contributed by atoms with Gasteiger partial charge in [0.2, 0.25) is 0 Å². The molecule has 2 N–H and O–H groups in total. The molecule has 0 amide bonds. The molecule has 1 heterocycles. The Morgan fingerprint density at radius 3 is 2.54 bits per heavy atom. The highest BCUT2D eigenvalue weighted by atomic mass is 32.1. The van der Waals surface area contributed by atoms with Crippen LogP contribution in [0.4, 0.5) is 0 Å². The third kappa shape index (κ3) is 6.71. The van der Waals surface area contributed by atoms with Crippen molar-refractivity contribution in [2.75, 3.05) is 26.8 Å². The minimum absolute atomic E-state index is 0.457. The third-order valence-electron chi connectivity index (χ3n) is 4.11. The number of nitrogens with zero attached hydrogens (tertiary/aromatic N) is 2. The van der Waals surface area contributed by atoms with Crippen LogP contribution in [-0.4, -0.2) is 37.7 Å². The van der Waals surface area contributed by atoms with Crippen molar-refractivity contribution in [3.05, 3.63) is 39.8 Å². The van der Waals surface area contributed by atoms with Crippen LogP contribution < -0.4 is 20.1 Å². The molecule has 0 radical (unpaired) electrons. The molecule has 0 unspecified atom stereocenters. The quantitative estimate of drug-likeness (QED) is 0.463. The van der Waals surface area contributed by atoms with Gasteiger partial charge in [0.25, 0.3) is 0 Å². The molecule has 28 heavy (non-hydrogen) atoms. The summed E-state index contributed by atoms with van der Waals surface area (Å²) >= 11 is 1.68. The van der Waals surface area contributed by atoms with Gasteiger partial charge in [-0.2, -0.15) is 0 Å². The Hall–Kier alpha value is -2.28. The van der Waals surface area contributed by atoms with Crippen LogP contribution in [-0.2, 0) is 13.0 Å². The normalized spacial score (nSPS) is 11.6. The Balaban J connectivity index is 1.84. The van der Waals surface area contributed by atoms with Crippen LogP contribution in [0.1, 0.15) is 49.9 Å². The van der Waals surface area contributed by atoms with Gasteiger partial charge in [0.15, 0.2) is 17.5 Å². The average molecular weight is 405 g/mol. The number of hydrogen-bond donors (Lipinski definition) is 2. The number of aromatic nitrogens is 1. The van der Waals surface area contributed by atoms with Crippen molar-refractivity contribution < 1.29 is 9.47 Å². The largest absolute Gasteiger partial charge is 0.490 e. The number of thiazole rings is 1. The molecule has 1 aromatic carbocycles. The van der Waals surface area contributed by atoms with E-state index in [1.165, 1.54) is 5.56 Å². The predicted octanol–water partition coefficient (Wildman–Crippen LogP) is 3.97. The fourth-order valence-electron chi connectivity index (χ4n) is 2.63. The zero-order valence-corrected chi connectivity index (χ0v) is 18.4. The molecule has 0 bridgehead atoms. The summed E-state index contributed by atoms with van der Waals surface area (Å²) in [4.78, 5) is 8.93. The Kier molecular flexibility index (Phi) is 9.07. The second kappa shape index (κ2) is 11.5. The molecule has 0 atom stereocenters. The van der Waals surface area contributed by atoms with Gasteiger partial charge in [0.05, 0.1) is 25.5 Å². The molecule has 0 saturated carbocycles. The number of nitrogens with one attached hydrogen (secondary N) is 2. The Bertz CT molecular complexity index is 759. The van der Waals surface area contributed by atoms with Gasteiger partial charge in [0, 0.05) is 19.0 Å². The van der Waals surface area contributed by atoms with E-state index in [9.17, 15) is 0 Å². The van der Waals surface area contributed by atoms with Crippen molar-refractivity contribution in [1.82, 2.24) is 15.6 Å². The molecule has 0 saturated heterocycles. The molecule has 2 aromatic rings. The highest BCUT2D eigenvalue weighted by molar-refractivity contribution is 7.09. The maximum Gasteiger partial charge on any atom is 0.191 e. The topological polar surface area (TPSA) is 67.8 Å². The number of rotatable bonds is 10. The first kappa shape index (κ1) is 22.0. The molecule has 6 nitrogen and oxygen atoms in total. The Morgan fingerprint density at radius 2 is 1.89 bits per heavy atom. The van der Waals surface area contributed by atoms with Gasteiger partial charge in [-0.05, 0) is 43.9 Å². The molecule has 0 fully saturated rings. The number of guanidine groups is 1. The summed E-state index contributed by atoms with van der Waals surface area (Å²) in [6, 6.07) is 6.11. The SMILES string of the molecule is CCOc1ccc(CCNC(=NC)NCc2nc(C(C)C)cs2)cc1OCC. The molecule has 0 aliphatic heterocycles. The zero-order chi connectivity index (χ0) is 20.4. The second-order valence-corrected chi connectivity index (χ2v) is 7.51. The van der Waals surface area contributed by atoms with E-state index in [1.54, 1.807) is 18.4 Å². The van der Waals surface area contributed by atoms with Gasteiger partial charge >= 0.3 is 0 Å². The van der Waals surface area contributed by atoms with E-state index in [-0.39, 0.29) is 0 Å². The number of ether oxygens (including phenoxy) is 2. The Labute approximate surface area is 172 Å². The van der Waals surface area contributed by atoms with Crippen molar-refractivity contribution in [2.45, 2.75) is 46.6 Å². The lowest BCUT2D eigenvalue weighted by atomic mass is 10.1. The lowest BCUT2D eigenvalue weighted by molar-refractivity contribution is 0.287. The van der Waals surface area contributed by atoms with Crippen molar-refractivity contribution in [2.24, 2.45) is 4.99 Å². The van der Waals surface area contributed by atoms with Crippen LogP contribution in [0, 0.1) is 0 Å². The van der Waals surface area contributed by atoms with E-state index in [1.807, 2.05) is 19.9 Å². The van der Waals surface area contributed by atoms with Crippen LogP contribution in [0.3, 0.4) is 0 Å². The van der Waals surface area contributed by atoms with Crippen LogP contribution in [0.5, 0.6) is 11.5 Å². The van der Waals surface area contributed by atoms with E-state index in [0.717, 1.165) is 41.1 Å². The standard InChI is InChI=1S/C21H32N4O2S/c1-6-26-18-9-8-16(12-19(18)27-7-2)10-11-23-21(22-5)24-13-20-25-17(14-28-20)15(3)4/h8-9,12,14-15H,6-7,10-11,13H2,1-5H3,(H2,22,23,24). The van der Waals surface area contributed by atoms with Crippen LogP contribution in [0.2, 0.25) is 0 Å². The third-order valence-corrected chi connectivity index (χ3v) is 4.97. The van der Waals surface area contributed by atoms with Crippen LogP contribution in [0.25, 0.3) is 0 Å². The molecule has 0 aliphatic carbocycles. The summed E-state index contributed by atoms with van der Waals surface area (Å²) in [5, 5.41) is 9.87. The summed E-state index contributed by atoms with van der Waals surface area (Å²) in [7, 11) is 1.78. The van der Waals surface area contributed by atoms with Crippen molar-refractivity contribution in [3.8, 4) is 11.5 Å². The summed E-state index contributed by atoms with van der Waals surface area (Å²) in [5.74, 6) is 2.83. The lowest BCUT2D eigenvalue weighted by Crippen LogP contribution is -2.37. The van der Waals surface area contributed by atoms with E-state index >= 15 is 0 Å². The van der Waals surface area contributed by atoms with Gasteiger partial charge in [-0.15, -0.1) is 11.3 Å². The van der Waals surface area contributed by atoms with Gasteiger partial charge in [-0.3, -0.25) is 4.99 Å². The molecule has 154 valence electrons. The van der Waals surface area contributed by atoms with Crippen molar-refractivity contribution in [3.63, 3.8) is 0 Å². The summed E-state index contributed by atoms with van der Waals surface area (Å²) in [6.45, 7) is 11.0. The molecule has 7 heteroatoms. The highest BCUT2D eigenvalue weighted by Crippen LogP contribution is 2.28. The van der Waals surface area contributed by atoms with Gasteiger partial charge in [-0.25, -0.2) is 4.98 Å². The predicted molar refractivity (Wildman–Crippen MR) is 117 cm³/mol. The molecule has 2 rings (SSSR count). The van der Waals surface area contributed by atoms with E-state index in [2.05, 4.69) is 52.0 Å². The maximum atomic E-state index is 5.70. The highest BCUT2D eigenvalue weighted by Gasteiger charge is 2.08. The minimum atomic E-state index is 0.457. The number of benzene rings is 1. The van der Waals surface area contributed by atoms with Gasteiger partial charge in [-0.1, -0.05) is 19.9 Å². The van der Waals surface area contributed by atoms with Crippen LogP contribution in [0.15, 0.2) is 28.6 Å². The first-order chi connectivity index (χ1) is 13.6. The molecular weight excluding hydrogens is 372 g/mol. The molecule has 0 aliphatic rings. The Morgan fingerprint density at radius 1 is 1.14 bits per heavy atom. The fraction of sp³-hybridized carbons (Fsp3) is 0.524. The number of hydrogen-bond acceptors (Lipinski definition) is 5. The minimum Gasteiger partial charge on any atom is -0.490 e. The summed E-state index contributed by atoms with van der Waals surface area (Å²) in [5.41, 5.74) is 2.33. The van der Waals surface area contributed by atoms with Crippen molar-refractivity contribution in [1.29, 1.82) is 0 Å². The molecule has 0 spiro atoms. The second-order valence-electron chi connectivity index (χ2n) is 6.57. The van der Waals surface area contributed by atoms with E-state index < -0.39 is 0 Å². The zero-order valence-electron chi connectivity index (χ0n) is 17.5. The average Bonchev–Trinajstić information content (AvgIpc) is 3.16.